The lowest BCUT2D eigenvalue weighted by molar-refractivity contribution is -0.121. The fourth-order valence-corrected chi connectivity index (χ4v) is 7.16. The third-order valence-corrected chi connectivity index (χ3v) is 10.3. The fraction of sp³-hybridized carbons (Fsp3) is 0.256. The molecule has 2 aliphatic rings. The number of rotatable bonds is 11. The van der Waals surface area contributed by atoms with Crippen molar-refractivity contribution in [2.24, 2.45) is 0 Å². The Morgan fingerprint density at radius 2 is 1.32 bits per heavy atom. The normalized spacial score (nSPS) is 19.3. The van der Waals surface area contributed by atoms with Crippen LogP contribution in [0.2, 0.25) is 0 Å². The van der Waals surface area contributed by atoms with E-state index in [9.17, 15) is 19.2 Å². The van der Waals surface area contributed by atoms with Crippen LogP contribution in [-0.4, -0.2) is 80.2 Å². The number of carbonyl (C=O) groups is 4. The van der Waals surface area contributed by atoms with Crippen LogP contribution in [0, 0.1) is 0 Å². The lowest BCUT2D eigenvalue weighted by Gasteiger charge is -2.21. The molecule has 5 aromatic rings. The molecule has 302 valence electrons. The topological polar surface area (TPSA) is 182 Å². The minimum absolute atomic E-state index is 0.0990. The smallest absolute Gasteiger partial charge is 0.289 e. The summed E-state index contributed by atoms with van der Waals surface area (Å²) in [6.07, 6.45) is 4.50. The summed E-state index contributed by atoms with van der Waals surface area (Å²) in [5, 5.41) is 21.2. The number of carbonyl (C=O) groups excluding carboxylic acids is 4. The monoisotopic (exact) mass is 800 g/mol. The predicted molar refractivity (Wildman–Crippen MR) is 217 cm³/mol. The SMILES string of the molecule is C=C(/C=C\C=C/C)Cc1nnc(C(=O)N[C@@H]2C[C@@H](F)c3cc(-c4ccc(Cc5nnc(C(=O)N[C@H]6C[C@H](F)c7ccccc7N(C)C6=O)[nH]5)cc4)ccc3N(C)C2=O)[nH]1. The number of nitrogens with one attached hydrogen (secondary N) is 4. The molecule has 2 aliphatic heterocycles. The van der Waals surface area contributed by atoms with Gasteiger partial charge in [0.2, 0.25) is 23.5 Å². The summed E-state index contributed by atoms with van der Waals surface area (Å²) >= 11 is 0. The molecule has 0 unspecified atom stereocenters. The van der Waals surface area contributed by atoms with Crippen LogP contribution in [0.5, 0.6) is 0 Å². The number of para-hydroxylation sites is 1. The van der Waals surface area contributed by atoms with Crippen LogP contribution in [0.4, 0.5) is 20.2 Å². The molecule has 0 aliphatic carbocycles. The zero-order valence-corrected chi connectivity index (χ0v) is 32.6. The Morgan fingerprint density at radius 3 is 1.97 bits per heavy atom. The number of anilines is 2. The molecule has 0 saturated carbocycles. The van der Waals surface area contributed by atoms with Crippen LogP contribution in [0.3, 0.4) is 0 Å². The number of amides is 4. The number of halogens is 2. The highest BCUT2D eigenvalue weighted by atomic mass is 19.1. The minimum atomic E-state index is -1.57. The first kappa shape index (κ1) is 40.1. The molecule has 0 fully saturated rings. The lowest BCUT2D eigenvalue weighted by Crippen LogP contribution is -2.47. The van der Waals surface area contributed by atoms with Crippen molar-refractivity contribution >= 4 is 35.0 Å². The number of nitrogens with zero attached hydrogens (tertiary/aromatic N) is 6. The van der Waals surface area contributed by atoms with Gasteiger partial charge in [-0.05, 0) is 47.4 Å². The molecule has 0 radical (unpaired) electrons. The van der Waals surface area contributed by atoms with E-state index in [1.54, 1.807) is 56.6 Å². The molecule has 4 atom stereocenters. The molecule has 4 N–H and O–H groups in total. The quantitative estimate of drug-likeness (QED) is 0.122. The van der Waals surface area contributed by atoms with E-state index in [-0.39, 0.29) is 24.5 Å². The molecule has 0 bridgehead atoms. The average molecular weight is 801 g/mol. The first-order chi connectivity index (χ1) is 28.4. The Labute approximate surface area is 338 Å². The summed E-state index contributed by atoms with van der Waals surface area (Å²) in [7, 11) is 3.08. The van der Waals surface area contributed by atoms with Crippen molar-refractivity contribution in [2.45, 2.75) is 57.0 Å². The standard InChI is InChI=1S/C43H42F2N10O4/c1-5-6-7-10-24(2)19-36-48-38(52-50-36)40(56)47-33-23-31(45)29-21-27(17-18-35(29)55(4)43(33)59)26-15-13-25(14-16-26)20-37-49-39(53-51-37)41(57)46-32-22-30(44)28-11-8-9-12-34(28)54(3)42(32)58/h5-18,21,30-33H,2,19-20,22-23H2,1,3-4H3,(H,46,57)(H,47,56)(H,48,50,52)(H,49,51,53)/b6-5-,10-7-/t30-,31+,32-,33+/m0/s1. The Kier molecular flexibility index (Phi) is 11.7. The van der Waals surface area contributed by atoms with E-state index in [1.807, 2.05) is 55.5 Å². The Bertz CT molecular complexity index is 2480. The third-order valence-electron chi connectivity index (χ3n) is 10.3. The van der Waals surface area contributed by atoms with Gasteiger partial charge in [0.1, 0.15) is 36.1 Å². The second-order valence-corrected chi connectivity index (χ2v) is 14.4. The molecule has 3 aromatic carbocycles. The van der Waals surface area contributed by atoms with Crippen LogP contribution < -0.4 is 20.4 Å². The molecular weight excluding hydrogens is 759 g/mol. The van der Waals surface area contributed by atoms with E-state index in [0.29, 0.717) is 52.6 Å². The van der Waals surface area contributed by atoms with E-state index in [1.165, 1.54) is 9.80 Å². The molecule has 7 rings (SSSR count). The van der Waals surface area contributed by atoms with Crippen LogP contribution in [-0.2, 0) is 22.4 Å². The summed E-state index contributed by atoms with van der Waals surface area (Å²) in [6.45, 7) is 5.87. The van der Waals surface area contributed by atoms with Gasteiger partial charge in [-0.1, -0.05) is 79.4 Å². The number of likely N-dealkylation sites (N-methyl/N-ethyl adjacent to an activating group) is 2. The van der Waals surface area contributed by atoms with Crippen LogP contribution >= 0.6 is 0 Å². The molecule has 2 aromatic heterocycles. The Hall–Kier alpha value is -7.10. The van der Waals surface area contributed by atoms with Gasteiger partial charge in [0.05, 0.1) is 0 Å². The maximum absolute atomic E-state index is 16.0. The number of hydrogen-bond donors (Lipinski definition) is 4. The number of hydrogen-bond acceptors (Lipinski definition) is 8. The summed E-state index contributed by atoms with van der Waals surface area (Å²) in [5.41, 5.74) is 4.62. The van der Waals surface area contributed by atoms with Crippen molar-refractivity contribution in [3.05, 3.63) is 143 Å². The summed E-state index contributed by atoms with van der Waals surface area (Å²) < 4.78 is 31.2. The molecule has 14 nitrogen and oxygen atoms in total. The van der Waals surface area contributed by atoms with Crippen molar-refractivity contribution in [1.82, 2.24) is 41.0 Å². The van der Waals surface area contributed by atoms with Crippen LogP contribution in [0.15, 0.2) is 103 Å². The van der Waals surface area contributed by atoms with E-state index >= 15 is 8.78 Å². The second kappa shape index (κ2) is 17.2. The Balaban J connectivity index is 0.970. The molecule has 0 spiro atoms. The van der Waals surface area contributed by atoms with Gasteiger partial charge in [0.15, 0.2) is 0 Å². The van der Waals surface area contributed by atoms with Crippen LogP contribution in [0.25, 0.3) is 11.1 Å². The van der Waals surface area contributed by atoms with E-state index in [4.69, 9.17) is 0 Å². The van der Waals surface area contributed by atoms with Crippen molar-refractivity contribution in [2.75, 3.05) is 23.9 Å². The van der Waals surface area contributed by atoms with Crippen molar-refractivity contribution in [3.63, 3.8) is 0 Å². The van der Waals surface area contributed by atoms with E-state index in [2.05, 4.69) is 47.6 Å². The predicted octanol–water partition coefficient (Wildman–Crippen LogP) is 5.76. The van der Waals surface area contributed by atoms with Gasteiger partial charge in [0, 0.05) is 62.3 Å². The van der Waals surface area contributed by atoms with E-state index in [0.717, 1.165) is 16.7 Å². The molecule has 0 saturated heterocycles. The highest BCUT2D eigenvalue weighted by Crippen LogP contribution is 2.38. The van der Waals surface area contributed by atoms with Gasteiger partial charge in [-0.3, -0.25) is 19.2 Å². The van der Waals surface area contributed by atoms with Gasteiger partial charge in [-0.15, -0.1) is 20.4 Å². The number of alkyl halides is 2. The molecule has 16 heteroatoms. The van der Waals surface area contributed by atoms with Gasteiger partial charge in [0.25, 0.3) is 11.8 Å². The summed E-state index contributed by atoms with van der Waals surface area (Å²) in [5.74, 6) is -1.69. The van der Waals surface area contributed by atoms with Crippen LogP contribution in [0.1, 0.15) is 81.7 Å². The maximum atomic E-state index is 16.0. The zero-order valence-electron chi connectivity index (χ0n) is 32.6. The fourth-order valence-electron chi connectivity index (χ4n) is 7.16. The molecule has 4 amide bonds. The van der Waals surface area contributed by atoms with Gasteiger partial charge in [-0.2, -0.15) is 0 Å². The molecule has 59 heavy (non-hydrogen) atoms. The maximum Gasteiger partial charge on any atom is 0.289 e. The highest BCUT2D eigenvalue weighted by Gasteiger charge is 2.36. The van der Waals surface area contributed by atoms with Crippen molar-refractivity contribution < 1.29 is 28.0 Å². The van der Waals surface area contributed by atoms with E-state index < -0.39 is 48.1 Å². The Morgan fingerprint density at radius 1 is 0.763 bits per heavy atom. The average Bonchev–Trinajstić information content (AvgIpc) is 3.89. The number of benzene rings is 3. The first-order valence-corrected chi connectivity index (χ1v) is 19.0. The van der Waals surface area contributed by atoms with Gasteiger partial charge < -0.3 is 30.4 Å². The number of allylic oxidation sites excluding steroid dienone is 5. The molecule has 4 heterocycles. The summed E-state index contributed by atoms with van der Waals surface area (Å²) in [4.78, 5) is 61.2. The van der Waals surface area contributed by atoms with Gasteiger partial charge in [-0.25, -0.2) is 8.78 Å². The number of H-pyrrole nitrogens is 2. The minimum Gasteiger partial charge on any atom is -0.337 e. The summed E-state index contributed by atoms with van der Waals surface area (Å²) in [6, 6.07) is 17.1. The molecular formula is C43H42F2N10O4. The van der Waals surface area contributed by atoms with Crippen molar-refractivity contribution in [1.29, 1.82) is 0 Å². The highest BCUT2D eigenvalue weighted by molar-refractivity contribution is 6.03. The van der Waals surface area contributed by atoms with Crippen molar-refractivity contribution in [3.8, 4) is 11.1 Å². The number of aromatic nitrogens is 6. The first-order valence-electron chi connectivity index (χ1n) is 19.0. The lowest BCUT2D eigenvalue weighted by atomic mass is 9.97. The second-order valence-electron chi connectivity index (χ2n) is 14.4. The largest absolute Gasteiger partial charge is 0.337 e. The number of aromatic amines is 2. The van der Waals surface area contributed by atoms with Gasteiger partial charge >= 0.3 is 0 Å². The zero-order chi connectivity index (χ0) is 41.8. The number of fused-ring (bicyclic) bond motifs is 2. The third kappa shape index (κ3) is 8.76.